The van der Waals surface area contributed by atoms with Crippen LogP contribution in [0.25, 0.3) is 0 Å². The zero-order valence-corrected chi connectivity index (χ0v) is 9.13. The maximum absolute atomic E-state index is 12.1. The third kappa shape index (κ3) is 6.62. The van der Waals surface area contributed by atoms with E-state index in [1.165, 1.54) is 0 Å². The summed E-state index contributed by atoms with van der Waals surface area (Å²) < 4.78 is 36.3. The minimum Gasteiger partial charge on any atom is -0.395 e. The van der Waals surface area contributed by atoms with Gasteiger partial charge in [-0.15, -0.1) is 0 Å². The van der Waals surface area contributed by atoms with Crippen LogP contribution in [0.3, 0.4) is 0 Å². The van der Waals surface area contributed by atoms with Crippen LogP contribution in [0.5, 0.6) is 0 Å². The van der Waals surface area contributed by atoms with E-state index >= 15 is 0 Å². The van der Waals surface area contributed by atoms with Crippen molar-refractivity contribution in [2.24, 2.45) is 5.73 Å². The molecule has 0 spiro atoms. The van der Waals surface area contributed by atoms with Crippen LogP contribution in [0.2, 0.25) is 0 Å². The van der Waals surface area contributed by atoms with Crippen LogP contribution in [0.15, 0.2) is 0 Å². The highest BCUT2D eigenvalue weighted by molar-refractivity contribution is 5.76. The van der Waals surface area contributed by atoms with E-state index < -0.39 is 31.3 Å². The average molecular weight is 242 g/mol. The second-order valence-corrected chi connectivity index (χ2v) is 3.53. The quantitative estimate of drug-likeness (QED) is 0.712. The molecule has 0 aliphatic rings. The summed E-state index contributed by atoms with van der Waals surface area (Å²) in [7, 11) is 0. The zero-order chi connectivity index (χ0) is 12.8. The summed E-state index contributed by atoms with van der Waals surface area (Å²) in [6.45, 7) is -0.418. The molecule has 96 valence electrons. The predicted molar refractivity (Wildman–Crippen MR) is 52.6 cm³/mol. The lowest BCUT2D eigenvalue weighted by atomic mass is 10.1. The van der Waals surface area contributed by atoms with Crippen LogP contribution in [0, 0.1) is 0 Å². The van der Waals surface area contributed by atoms with Gasteiger partial charge in [-0.1, -0.05) is 6.92 Å². The van der Waals surface area contributed by atoms with Gasteiger partial charge in [0.15, 0.2) is 0 Å². The highest BCUT2D eigenvalue weighted by Gasteiger charge is 2.32. The lowest BCUT2D eigenvalue weighted by molar-refractivity contribution is -0.162. The lowest BCUT2D eigenvalue weighted by Gasteiger charge is -2.24. The molecule has 4 nitrogen and oxygen atoms in total. The van der Waals surface area contributed by atoms with Crippen molar-refractivity contribution in [3.63, 3.8) is 0 Å². The summed E-state index contributed by atoms with van der Waals surface area (Å²) in [5, 5.41) is 8.58. The lowest BCUT2D eigenvalue weighted by Crippen LogP contribution is -2.42. The fraction of sp³-hybridized carbons (Fsp3) is 0.889. The fourth-order valence-corrected chi connectivity index (χ4v) is 1.13. The average Bonchev–Trinajstić information content (AvgIpc) is 2.14. The van der Waals surface area contributed by atoms with Crippen LogP contribution < -0.4 is 5.73 Å². The smallest absolute Gasteiger partial charge is 0.395 e. The maximum Gasteiger partial charge on any atom is 0.406 e. The first-order chi connectivity index (χ1) is 7.30. The van der Waals surface area contributed by atoms with Crippen molar-refractivity contribution >= 4 is 5.91 Å². The van der Waals surface area contributed by atoms with Crippen molar-refractivity contribution in [1.29, 1.82) is 0 Å². The van der Waals surface area contributed by atoms with E-state index in [4.69, 9.17) is 10.8 Å². The molecule has 0 aromatic carbocycles. The first kappa shape index (κ1) is 15.2. The number of hydrogen-bond acceptors (Lipinski definition) is 3. The molecule has 1 unspecified atom stereocenters. The minimum absolute atomic E-state index is 0.132. The maximum atomic E-state index is 12.1. The number of aliphatic hydroxyl groups excluding tert-OH is 1. The zero-order valence-electron chi connectivity index (χ0n) is 9.13. The topological polar surface area (TPSA) is 66.6 Å². The van der Waals surface area contributed by atoms with Crippen molar-refractivity contribution in [1.82, 2.24) is 4.90 Å². The number of halogens is 3. The molecule has 0 heterocycles. The van der Waals surface area contributed by atoms with Crippen LogP contribution in [0.1, 0.15) is 19.8 Å². The summed E-state index contributed by atoms with van der Waals surface area (Å²) in [6, 6.07) is -0.443. The second kappa shape index (κ2) is 6.70. The largest absolute Gasteiger partial charge is 0.406 e. The highest BCUT2D eigenvalue weighted by atomic mass is 19.4. The Morgan fingerprint density at radius 3 is 2.44 bits per heavy atom. The Morgan fingerprint density at radius 2 is 2.06 bits per heavy atom. The molecule has 0 aliphatic heterocycles. The van der Waals surface area contributed by atoms with Crippen LogP contribution >= 0.6 is 0 Å². The normalized spacial score (nSPS) is 13.6. The van der Waals surface area contributed by atoms with E-state index in [-0.39, 0.29) is 13.0 Å². The summed E-state index contributed by atoms with van der Waals surface area (Å²) in [5.41, 5.74) is 5.48. The van der Waals surface area contributed by atoms with Crippen LogP contribution in [-0.2, 0) is 4.79 Å². The number of carbonyl (C=O) groups excluding carboxylic acids is 1. The van der Waals surface area contributed by atoms with Gasteiger partial charge in [-0.3, -0.25) is 4.79 Å². The van der Waals surface area contributed by atoms with Gasteiger partial charge in [-0.25, -0.2) is 0 Å². The SMILES string of the molecule is CCC(N)CC(=O)N(CCO)CC(F)(F)F. The van der Waals surface area contributed by atoms with E-state index in [9.17, 15) is 18.0 Å². The number of nitrogens with zero attached hydrogens (tertiary/aromatic N) is 1. The summed E-state index contributed by atoms with van der Waals surface area (Å²) in [5.74, 6) is -0.680. The van der Waals surface area contributed by atoms with E-state index in [1.807, 2.05) is 0 Å². The Balaban J connectivity index is 4.35. The first-order valence-electron chi connectivity index (χ1n) is 5.01. The molecule has 3 N–H and O–H groups in total. The molecule has 1 atom stereocenters. The summed E-state index contributed by atoms with van der Waals surface area (Å²) in [4.78, 5) is 12.0. The number of rotatable bonds is 6. The molecule has 0 aliphatic carbocycles. The van der Waals surface area contributed by atoms with E-state index in [2.05, 4.69) is 0 Å². The van der Waals surface area contributed by atoms with Gasteiger partial charge in [0, 0.05) is 19.0 Å². The van der Waals surface area contributed by atoms with Crippen molar-refractivity contribution in [3.05, 3.63) is 0 Å². The van der Waals surface area contributed by atoms with Crippen LogP contribution in [-0.4, -0.2) is 47.8 Å². The molecule has 1 amide bonds. The molecule has 0 fully saturated rings. The number of nitrogens with two attached hydrogens (primary N) is 1. The predicted octanol–water partition coefficient (Wildman–Crippen LogP) is 0.497. The highest BCUT2D eigenvalue weighted by Crippen LogP contribution is 2.17. The monoisotopic (exact) mass is 242 g/mol. The Kier molecular flexibility index (Phi) is 6.35. The Bertz CT molecular complexity index is 221. The standard InChI is InChI=1S/C9H17F3N2O2/c1-2-7(13)5-8(16)14(3-4-15)6-9(10,11)12/h7,15H,2-6,13H2,1H3. The van der Waals surface area contributed by atoms with E-state index in [0.717, 1.165) is 0 Å². The number of aliphatic hydroxyl groups is 1. The number of amides is 1. The first-order valence-corrected chi connectivity index (χ1v) is 5.01. The third-order valence-electron chi connectivity index (χ3n) is 2.05. The van der Waals surface area contributed by atoms with Crippen molar-refractivity contribution in [3.8, 4) is 0 Å². The molecule has 16 heavy (non-hydrogen) atoms. The Morgan fingerprint density at radius 1 is 1.50 bits per heavy atom. The van der Waals surface area contributed by atoms with Crippen molar-refractivity contribution < 1.29 is 23.1 Å². The number of carbonyl (C=O) groups is 1. The minimum atomic E-state index is -4.46. The van der Waals surface area contributed by atoms with Gasteiger partial charge in [0.25, 0.3) is 0 Å². The van der Waals surface area contributed by atoms with Gasteiger partial charge in [0.05, 0.1) is 6.61 Å². The molecule has 0 saturated carbocycles. The Labute approximate surface area is 92.2 Å². The number of hydrogen-bond donors (Lipinski definition) is 2. The second-order valence-electron chi connectivity index (χ2n) is 3.53. The fourth-order valence-electron chi connectivity index (χ4n) is 1.13. The molecule has 0 bridgehead atoms. The molecular weight excluding hydrogens is 225 g/mol. The third-order valence-corrected chi connectivity index (χ3v) is 2.05. The molecule has 0 aromatic rings. The van der Waals surface area contributed by atoms with E-state index in [0.29, 0.717) is 11.3 Å². The molecular formula is C9H17F3N2O2. The van der Waals surface area contributed by atoms with Gasteiger partial charge in [0.2, 0.25) is 5.91 Å². The van der Waals surface area contributed by atoms with Crippen molar-refractivity contribution in [2.75, 3.05) is 19.7 Å². The van der Waals surface area contributed by atoms with Gasteiger partial charge in [0.1, 0.15) is 6.54 Å². The van der Waals surface area contributed by atoms with Gasteiger partial charge < -0.3 is 15.7 Å². The van der Waals surface area contributed by atoms with Crippen LogP contribution in [0.4, 0.5) is 13.2 Å². The summed E-state index contributed by atoms with van der Waals surface area (Å²) >= 11 is 0. The summed E-state index contributed by atoms with van der Waals surface area (Å²) in [6.07, 6.45) is -4.07. The molecule has 0 rings (SSSR count). The molecule has 0 saturated heterocycles. The van der Waals surface area contributed by atoms with Gasteiger partial charge in [-0.2, -0.15) is 13.2 Å². The number of alkyl halides is 3. The van der Waals surface area contributed by atoms with Gasteiger partial charge in [-0.05, 0) is 6.42 Å². The van der Waals surface area contributed by atoms with E-state index in [1.54, 1.807) is 6.92 Å². The van der Waals surface area contributed by atoms with Crippen molar-refractivity contribution in [2.45, 2.75) is 32.0 Å². The van der Waals surface area contributed by atoms with Gasteiger partial charge >= 0.3 is 6.18 Å². The Hall–Kier alpha value is -0.820. The molecule has 0 radical (unpaired) electrons. The molecule has 0 aromatic heterocycles. The molecule has 7 heteroatoms.